The molecule has 114 valence electrons. The predicted molar refractivity (Wildman–Crippen MR) is 85.6 cm³/mol. The number of hydrogen-bond donors (Lipinski definition) is 1. The highest BCUT2D eigenvalue weighted by Crippen LogP contribution is 2.24. The zero-order valence-electron chi connectivity index (χ0n) is 12.0. The van der Waals surface area contributed by atoms with Gasteiger partial charge in [0.1, 0.15) is 0 Å². The molecule has 1 heterocycles. The number of benzene rings is 1. The fourth-order valence-corrected chi connectivity index (χ4v) is 3.85. The van der Waals surface area contributed by atoms with Gasteiger partial charge in [-0.1, -0.05) is 15.9 Å². The minimum Gasteiger partial charge on any atom is -0.337 e. The standard InChI is InChI=1S/C14H18BrN3O2S/c1-11-9-14(12(2)8-13(11)15)21(19,20)17-4-3-6-18-7-5-16-10-18/h5,7-10,17H,3-4,6H2,1-2H3. The van der Waals surface area contributed by atoms with Crippen LogP contribution in [0, 0.1) is 13.8 Å². The van der Waals surface area contributed by atoms with Gasteiger partial charge in [-0.15, -0.1) is 0 Å². The van der Waals surface area contributed by atoms with Gasteiger partial charge in [-0.3, -0.25) is 0 Å². The van der Waals surface area contributed by atoms with Crippen LogP contribution in [-0.4, -0.2) is 24.5 Å². The Balaban J connectivity index is 2.00. The van der Waals surface area contributed by atoms with Crippen LogP contribution >= 0.6 is 15.9 Å². The van der Waals surface area contributed by atoms with Gasteiger partial charge in [0.15, 0.2) is 0 Å². The van der Waals surface area contributed by atoms with Crippen molar-refractivity contribution in [1.29, 1.82) is 0 Å². The van der Waals surface area contributed by atoms with Crippen LogP contribution < -0.4 is 4.72 Å². The topological polar surface area (TPSA) is 64.0 Å². The largest absolute Gasteiger partial charge is 0.337 e. The average molecular weight is 372 g/mol. The number of aryl methyl sites for hydroxylation is 3. The van der Waals surface area contributed by atoms with Crippen LogP contribution in [0.1, 0.15) is 17.5 Å². The molecule has 2 rings (SSSR count). The van der Waals surface area contributed by atoms with Crippen molar-refractivity contribution < 1.29 is 8.42 Å². The van der Waals surface area contributed by atoms with Gasteiger partial charge in [0.25, 0.3) is 0 Å². The summed E-state index contributed by atoms with van der Waals surface area (Å²) in [6, 6.07) is 3.52. The molecule has 0 unspecified atom stereocenters. The molecule has 7 heteroatoms. The molecule has 0 spiro atoms. The maximum Gasteiger partial charge on any atom is 0.240 e. The second kappa shape index (κ2) is 6.72. The summed E-state index contributed by atoms with van der Waals surface area (Å²) in [4.78, 5) is 4.29. The van der Waals surface area contributed by atoms with E-state index in [1.54, 1.807) is 25.5 Å². The first kappa shape index (κ1) is 16.2. The van der Waals surface area contributed by atoms with Crippen LogP contribution in [0.5, 0.6) is 0 Å². The first-order valence-corrected chi connectivity index (χ1v) is 8.90. The minimum atomic E-state index is -3.47. The van der Waals surface area contributed by atoms with Crippen molar-refractivity contribution in [2.45, 2.75) is 31.7 Å². The summed E-state index contributed by atoms with van der Waals surface area (Å²) < 4.78 is 30.1. The number of rotatable bonds is 6. The third-order valence-electron chi connectivity index (χ3n) is 3.19. The van der Waals surface area contributed by atoms with Crippen molar-refractivity contribution in [2.75, 3.05) is 6.54 Å². The maximum atomic E-state index is 12.3. The molecular formula is C14H18BrN3O2S. The van der Waals surface area contributed by atoms with E-state index in [1.807, 2.05) is 23.8 Å². The molecule has 0 aliphatic heterocycles. The lowest BCUT2D eigenvalue weighted by Crippen LogP contribution is -2.26. The Kier molecular flexibility index (Phi) is 5.18. The van der Waals surface area contributed by atoms with E-state index >= 15 is 0 Å². The normalized spacial score (nSPS) is 11.8. The minimum absolute atomic E-state index is 0.339. The highest BCUT2D eigenvalue weighted by Gasteiger charge is 2.17. The molecule has 0 aliphatic carbocycles. The Morgan fingerprint density at radius 3 is 2.71 bits per heavy atom. The summed E-state index contributed by atoms with van der Waals surface area (Å²) >= 11 is 3.41. The zero-order chi connectivity index (χ0) is 15.5. The van der Waals surface area contributed by atoms with Crippen molar-refractivity contribution in [3.8, 4) is 0 Å². The molecule has 0 aliphatic rings. The molecule has 0 fully saturated rings. The van der Waals surface area contributed by atoms with E-state index in [9.17, 15) is 8.42 Å². The summed E-state index contributed by atoms with van der Waals surface area (Å²) in [5.74, 6) is 0. The van der Waals surface area contributed by atoms with E-state index in [0.29, 0.717) is 17.9 Å². The number of hydrogen-bond acceptors (Lipinski definition) is 3. The first-order valence-electron chi connectivity index (χ1n) is 6.62. The number of sulfonamides is 1. The van der Waals surface area contributed by atoms with E-state index in [0.717, 1.165) is 22.1 Å². The summed E-state index contributed by atoms with van der Waals surface area (Å²) in [6.45, 7) is 4.81. The van der Waals surface area contributed by atoms with Crippen molar-refractivity contribution in [3.63, 3.8) is 0 Å². The monoisotopic (exact) mass is 371 g/mol. The smallest absolute Gasteiger partial charge is 0.240 e. The van der Waals surface area contributed by atoms with Gasteiger partial charge in [0.05, 0.1) is 11.2 Å². The Morgan fingerprint density at radius 1 is 1.29 bits per heavy atom. The quantitative estimate of drug-likeness (QED) is 0.793. The molecule has 0 atom stereocenters. The fraction of sp³-hybridized carbons (Fsp3) is 0.357. The molecule has 1 aromatic carbocycles. The van der Waals surface area contributed by atoms with E-state index in [4.69, 9.17) is 0 Å². The van der Waals surface area contributed by atoms with E-state index in [1.165, 1.54) is 0 Å². The summed E-state index contributed by atoms with van der Waals surface area (Å²) in [5, 5.41) is 0. The van der Waals surface area contributed by atoms with E-state index in [2.05, 4.69) is 25.6 Å². The van der Waals surface area contributed by atoms with Crippen LogP contribution in [0.4, 0.5) is 0 Å². The molecule has 0 radical (unpaired) electrons. The van der Waals surface area contributed by atoms with Gasteiger partial charge in [-0.25, -0.2) is 18.1 Å². The van der Waals surface area contributed by atoms with E-state index < -0.39 is 10.0 Å². The Bertz CT molecular complexity index is 712. The van der Waals surface area contributed by atoms with Crippen LogP contribution in [0.3, 0.4) is 0 Å². The van der Waals surface area contributed by atoms with Crippen molar-refractivity contribution in [1.82, 2.24) is 14.3 Å². The molecule has 0 saturated heterocycles. The molecule has 0 saturated carbocycles. The maximum absolute atomic E-state index is 12.3. The van der Waals surface area contributed by atoms with Gasteiger partial charge >= 0.3 is 0 Å². The average Bonchev–Trinajstić information content (AvgIpc) is 2.92. The van der Waals surface area contributed by atoms with Crippen molar-refractivity contribution in [2.24, 2.45) is 0 Å². The van der Waals surface area contributed by atoms with Gasteiger partial charge in [0, 0.05) is 30.0 Å². The lowest BCUT2D eigenvalue weighted by atomic mass is 10.2. The number of nitrogens with one attached hydrogen (secondary N) is 1. The second-order valence-electron chi connectivity index (χ2n) is 4.92. The molecule has 2 aromatic rings. The van der Waals surface area contributed by atoms with Crippen LogP contribution in [-0.2, 0) is 16.6 Å². The Labute approximate surface area is 133 Å². The zero-order valence-corrected chi connectivity index (χ0v) is 14.4. The van der Waals surface area contributed by atoms with Crippen LogP contribution in [0.2, 0.25) is 0 Å². The molecule has 21 heavy (non-hydrogen) atoms. The third-order valence-corrected chi connectivity index (χ3v) is 5.65. The highest BCUT2D eigenvalue weighted by molar-refractivity contribution is 9.10. The Hall–Kier alpha value is -1.18. The van der Waals surface area contributed by atoms with E-state index in [-0.39, 0.29) is 0 Å². The Morgan fingerprint density at radius 2 is 2.05 bits per heavy atom. The lowest BCUT2D eigenvalue weighted by Gasteiger charge is -2.11. The molecule has 1 N–H and O–H groups in total. The van der Waals surface area contributed by atoms with Crippen molar-refractivity contribution in [3.05, 3.63) is 46.5 Å². The first-order chi connectivity index (χ1) is 9.90. The second-order valence-corrected chi connectivity index (χ2v) is 7.51. The number of nitrogens with zero attached hydrogens (tertiary/aromatic N) is 2. The number of aromatic nitrogens is 2. The summed E-state index contributed by atoms with van der Waals surface area (Å²) in [6.07, 6.45) is 6.00. The summed E-state index contributed by atoms with van der Waals surface area (Å²) in [5.41, 5.74) is 1.63. The van der Waals surface area contributed by atoms with Gasteiger partial charge in [0.2, 0.25) is 10.0 Å². The SMILES string of the molecule is Cc1cc(S(=O)(=O)NCCCn2ccnc2)c(C)cc1Br. The highest BCUT2D eigenvalue weighted by atomic mass is 79.9. The fourth-order valence-electron chi connectivity index (χ4n) is 2.01. The van der Waals surface area contributed by atoms with Gasteiger partial charge in [-0.2, -0.15) is 0 Å². The molecule has 0 amide bonds. The summed E-state index contributed by atoms with van der Waals surface area (Å²) in [7, 11) is -3.47. The lowest BCUT2D eigenvalue weighted by molar-refractivity contribution is 0.569. The molecule has 5 nitrogen and oxygen atoms in total. The molecular weight excluding hydrogens is 354 g/mol. The van der Waals surface area contributed by atoms with Crippen LogP contribution in [0.15, 0.2) is 40.2 Å². The number of imidazole rings is 1. The number of halogens is 1. The van der Waals surface area contributed by atoms with Gasteiger partial charge in [-0.05, 0) is 43.5 Å². The molecule has 1 aromatic heterocycles. The van der Waals surface area contributed by atoms with Crippen molar-refractivity contribution >= 4 is 26.0 Å². The molecule has 0 bridgehead atoms. The van der Waals surface area contributed by atoms with Crippen LogP contribution in [0.25, 0.3) is 0 Å². The third kappa shape index (κ3) is 4.15. The van der Waals surface area contributed by atoms with Gasteiger partial charge < -0.3 is 4.57 Å². The predicted octanol–water partition coefficient (Wildman–Crippen LogP) is 2.63.